The summed E-state index contributed by atoms with van der Waals surface area (Å²) in [6.45, 7) is 5.68. The van der Waals surface area contributed by atoms with E-state index in [1.165, 1.54) is 32.1 Å². The van der Waals surface area contributed by atoms with Crippen LogP contribution in [0.2, 0.25) is 0 Å². The zero-order chi connectivity index (χ0) is 9.94. The van der Waals surface area contributed by atoms with Crippen LogP contribution in [0.25, 0.3) is 0 Å². The summed E-state index contributed by atoms with van der Waals surface area (Å²) in [7, 11) is 2.02. The van der Waals surface area contributed by atoms with Crippen LogP contribution in [0.4, 0.5) is 0 Å². The molecule has 0 aliphatic heterocycles. The molecule has 0 heterocycles. The van der Waals surface area contributed by atoms with E-state index in [9.17, 15) is 0 Å². The smallest absolute Gasteiger partial charge is 0.00519 e. The maximum absolute atomic E-state index is 3.17. The summed E-state index contributed by atoms with van der Waals surface area (Å²) < 4.78 is 0. The third-order valence-corrected chi connectivity index (χ3v) is 2.07. The highest BCUT2D eigenvalue weighted by Gasteiger charge is 1.88. The zero-order valence-electron chi connectivity index (χ0n) is 9.47. The van der Waals surface area contributed by atoms with Crippen molar-refractivity contribution >= 4 is 0 Å². The second kappa shape index (κ2) is 9.79. The van der Waals surface area contributed by atoms with E-state index < -0.39 is 0 Å². The number of rotatable bonds is 8. The van der Waals surface area contributed by atoms with Crippen LogP contribution in [0.15, 0.2) is 12.2 Å². The molecule has 1 N–H and O–H groups in total. The number of nitrogens with one attached hydrogen (secondary N) is 1. The third kappa shape index (κ3) is 11.7. The number of unbranched alkanes of at least 4 members (excludes halogenated alkanes) is 3. The van der Waals surface area contributed by atoms with Crippen LogP contribution >= 0.6 is 0 Å². The molecule has 0 rings (SSSR count). The summed E-state index contributed by atoms with van der Waals surface area (Å²) in [5.41, 5.74) is 0. The number of allylic oxidation sites excluding steroid dienone is 2. The Bertz CT molecular complexity index is 116. The second-order valence-corrected chi connectivity index (χ2v) is 4.05. The molecule has 0 saturated carbocycles. The predicted molar refractivity (Wildman–Crippen MR) is 61.0 cm³/mol. The van der Waals surface area contributed by atoms with Crippen molar-refractivity contribution in [2.45, 2.75) is 46.0 Å². The lowest BCUT2D eigenvalue weighted by atomic mass is 10.1. The molecule has 13 heavy (non-hydrogen) atoms. The highest BCUT2D eigenvalue weighted by Crippen LogP contribution is 2.03. The van der Waals surface area contributed by atoms with Crippen molar-refractivity contribution in [2.24, 2.45) is 5.92 Å². The molecule has 0 saturated heterocycles. The normalized spacial score (nSPS) is 11.7. The van der Waals surface area contributed by atoms with Crippen molar-refractivity contribution in [1.82, 2.24) is 5.32 Å². The molecule has 0 aromatic rings. The second-order valence-electron chi connectivity index (χ2n) is 4.05. The average molecular weight is 183 g/mol. The molecule has 1 heteroatoms. The minimum Gasteiger partial charge on any atom is -0.320 e. The molecule has 0 aromatic carbocycles. The topological polar surface area (TPSA) is 12.0 Å². The first-order valence-electron chi connectivity index (χ1n) is 5.57. The van der Waals surface area contributed by atoms with Crippen molar-refractivity contribution in [3.8, 4) is 0 Å². The van der Waals surface area contributed by atoms with Crippen molar-refractivity contribution in [2.75, 3.05) is 13.6 Å². The maximum Gasteiger partial charge on any atom is -0.00519 e. The molecule has 1 nitrogen and oxygen atoms in total. The molecular weight excluding hydrogens is 158 g/mol. The fraction of sp³-hybridized carbons (Fsp3) is 0.833. The molecule has 0 radical (unpaired) electrons. The van der Waals surface area contributed by atoms with Crippen LogP contribution in [0.3, 0.4) is 0 Å². The fourth-order valence-corrected chi connectivity index (χ4v) is 1.23. The van der Waals surface area contributed by atoms with E-state index in [-0.39, 0.29) is 0 Å². The van der Waals surface area contributed by atoms with Crippen LogP contribution in [-0.2, 0) is 0 Å². The van der Waals surface area contributed by atoms with Gasteiger partial charge in [-0.3, -0.25) is 0 Å². The van der Waals surface area contributed by atoms with Gasteiger partial charge in [0.1, 0.15) is 0 Å². The highest BCUT2D eigenvalue weighted by molar-refractivity contribution is 4.82. The Kier molecular flexibility index (Phi) is 9.56. The maximum atomic E-state index is 3.17. The quantitative estimate of drug-likeness (QED) is 0.449. The SMILES string of the molecule is CNCCCCC/C=C\CC(C)C. The predicted octanol–water partition coefficient (Wildman–Crippen LogP) is 3.37. The van der Waals surface area contributed by atoms with Gasteiger partial charge in [-0.25, -0.2) is 0 Å². The molecule has 0 fully saturated rings. The lowest BCUT2D eigenvalue weighted by Crippen LogP contribution is -2.06. The minimum atomic E-state index is 0.806. The van der Waals surface area contributed by atoms with Gasteiger partial charge in [0.15, 0.2) is 0 Å². The van der Waals surface area contributed by atoms with Crippen LogP contribution in [0.1, 0.15) is 46.0 Å². The van der Waals surface area contributed by atoms with Crippen molar-refractivity contribution in [1.29, 1.82) is 0 Å². The van der Waals surface area contributed by atoms with Crippen LogP contribution in [-0.4, -0.2) is 13.6 Å². The first kappa shape index (κ1) is 12.7. The molecule has 0 aliphatic rings. The molecule has 0 amide bonds. The van der Waals surface area contributed by atoms with Gasteiger partial charge in [-0.15, -0.1) is 0 Å². The largest absolute Gasteiger partial charge is 0.320 e. The van der Waals surface area contributed by atoms with E-state index in [1.54, 1.807) is 0 Å². The van der Waals surface area contributed by atoms with E-state index in [2.05, 4.69) is 31.3 Å². The monoisotopic (exact) mass is 183 g/mol. The lowest BCUT2D eigenvalue weighted by Gasteiger charge is -1.98. The van der Waals surface area contributed by atoms with Gasteiger partial charge in [-0.1, -0.05) is 32.4 Å². The fourth-order valence-electron chi connectivity index (χ4n) is 1.23. The molecule has 0 spiro atoms. The van der Waals surface area contributed by atoms with Crippen molar-refractivity contribution < 1.29 is 0 Å². The highest BCUT2D eigenvalue weighted by atomic mass is 14.8. The first-order chi connectivity index (χ1) is 6.27. The lowest BCUT2D eigenvalue weighted by molar-refractivity contribution is 0.642. The Morgan fingerprint density at radius 1 is 1.08 bits per heavy atom. The summed E-state index contributed by atoms with van der Waals surface area (Å²) in [5.74, 6) is 0.806. The van der Waals surface area contributed by atoms with Gasteiger partial charge >= 0.3 is 0 Å². The summed E-state index contributed by atoms with van der Waals surface area (Å²) in [6, 6.07) is 0. The Hall–Kier alpha value is -0.300. The van der Waals surface area contributed by atoms with Crippen LogP contribution < -0.4 is 5.32 Å². The van der Waals surface area contributed by atoms with E-state index in [4.69, 9.17) is 0 Å². The minimum absolute atomic E-state index is 0.806. The Morgan fingerprint density at radius 2 is 1.85 bits per heavy atom. The van der Waals surface area contributed by atoms with Crippen LogP contribution in [0, 0.1) is 5.92 Å². The van der Waals surface area contributed by atoms with E-state index in [0.717, 1.165) is 12.5 Å². The standard InChI is InChI=1S/C12H25N/c1-12(2)10-8-6-4-5-7-9-11-13-3/h6,8,12-13H,4-5,7,9-11H2,1-3H3/b8-6-. The van der Waals surface area contributed by atoms with Gasteiger partial charge in [0.25, 0.3) is 0 Å². The Balaban J connectivity index is 3.02. The molecule has 0 bridgehead atoms. The van der Waals surface area contributed by atoms with Gasteiger partial charge in [-0.2, -0.15) is 0 Å². The molecule has 0 aromatic heterocycles. The number of hydrogen-bond donors (Lipinski definition) is 1. The Labute approximate surface area is 83.6 Å². The third-order valence-electron chi connectivity index (χ3n) is 2.07. The molecular formula is C12H25N. The average Bonchev–Trinajstić information content (AvgIpc) is 2.09. The van der Waals surface area contributed by atoms with Crippen LogP contribution in [0.5, 0.6) is 0 Å². The Morgan fingerprint density at radius 3 is 2.46 bits per heavy atom. The molecule has 0 aliphatic carbocycles. The zero-order valence-corrected chi connectivity index (χ0v) is 9.47. The summed E-state index contributed by atoms with van der Waals surface area (Å²) in [4.78, 5) is 0. The first-order valence-corrected chi connectivity index (χ1v) is 5.57. The van der Waals surface area contributed by atoms with Crippen molar-refractivity contribution in [3.05, 3.63) is 12.2 Å². The van der Waals surface area contributed by atoms with Gasteiger partial charge in [0, 0.05) is 0 Å². The molecule has 0 unspecified atom stereocenters. The summed E-state index contributed by atoms with van der Waals surface area (Å²) in [6.07, 6.45) is 11.2. The summed E-state index contributed by atoms with van der Waals surface area (Å²) >= 11 is 0. The number of hydrogen-bond acceptors (Lipinski definition) is 1. The molecule has 0 atom stereocenters. The van der Waals surface area contributed by atoms with E-state index in [0.29, 0.717) is 0 Å². The van der Waals surface area contributed by atoms with E-state index in [1.807, 2.05) is 7.05 Å². The van der Waals surface area contributed by atoms with Gasteiger partial charge in [-0.05, 0) is 45.2 Å². The van der Waals surface area contributed by atoms with Crippen molar-refractivity contribution in [3.63, 3.8) is 0 Å². The summed E-state index contributed by atoms with van der Waals surface area (Å²) in [5, 5.41) is 3.17. The molecule has 78 valence electrons. The van der Waals surface area contributed by atoms with E-state index >= 15 is 0 Å². The van der Waals surface area contributed by atoms with Gasteiger partial charge in [0.05, 0.1) is 0 Å². The van der Waals surface area contributed by atoms with Gasteiger partial charge in [0.2, 0.25) is 0 Å². The van der Waals surface area contributed by atoms with Gasteiger partial charge < -0.3 is 5.32 Å².